The van der Waals surface area contributed by atoms with E-state index in [1.807, 2.05) is 0 Å². The highest BCUT2D eigenvalue weighted by atomic mass is 79.9. The number of benzene rings is 1. The Labute approximate surface area is 121 Å². The predicted molar refractivity (Wildman–Crippen MR) is 76.8 cm³/mol. The van der Waals surface area contributed by atoms with Gasteiger partial charge in [-0.1, -0.05) is 28.1 Å². The fourth-order valence-electron chi connectivity index (χ4n) is 1.27. The number of ketones is 1. The molecule has 0 atom stereocenters. The Balaban J connectivity index is 2.73. The molecule has 0 fully saturated rings. The molecule has 0 radical (unpaired) electrons. The zero-order chi connectivity index (χ0) is 14.7. The van der Waals surface area contributed by atoms with Crippen LogP contribution in [0.1, 0.15) is 10.4 Å². The molecule has 0 saturated heterocycles. The summed E-state index contributed by atoms with van der Waals surface area (Å²) < 4.78 is 45.9. The van der Waals surface area contributed by atoms with Crippen molar-refractivity contribution in [2.75, 3.05) is 23.5 Å². The Morgan fingerprint density at radius 3 is 2.05 bits per heavy atom. The van der Waals surface area contributed by atoms with Gasteiger partial charge in [0.2, 0.25) is 0 Å². The van der Waals surface area contributed by atoms with E-state index in [9.17, 15) is 21.6 Å². The van der Waals surface area contributed by atoms with Gasteiger partial charge in [0.25, 0.3) is 0 Å². The maximum atomic E-state index is 11.8. The molecule has 0 amide bonds. The quantitative estimate of drug-likeness (QED) is 0.701. The Bertz CT molecular complexity index is 660. The standard InChI is InChI=1S/C11H13BrO5S2/c1-18(14,15)6-7-19(16,17)8-11(13)9-2-4-10(12)5-3-9/h2-5H,6-8H2,1H3. The molecule has 0 unspecified atom stereocenters. The molecule has 106 valence electrons. The molecule has 0 aliphatic rings. The summed E-state index contributed by atoms with van der Waals surface area (Å²) in [6.45, 7) is 0. The minimum atomic E-state index is -3.71. The maximum Gasteiger partial charge on any atom is 0.177 e. The van der Waals surface area contributed by atoms with Crippen LogP contribution in [-0.2, 0) is 19.7 Å². The van der Waals surface area contributed by atoms with Gasteiger partial charge in [-0.2, -0.15) is 0 Å². The van der Waals surface area contributed by atoms with Crippen molar-refractivity contribution < 1.29 is 21.6 Å². The van der Waals surface area contributed by atoms with Crippen LogP contribution in [0.25, 0.3) is 0 Å². The fraction of sp³-hybridized carbons (Fsp3) is 0.364. The number of halogens is 1. The van der Waals surface area contributed by atoms with Crippen LogP contribution < -0.4 is 0 Å². The molecule has 1 rings (SSSR count). The smallest absolute Gasteiger partial charge is 0.177 e. The lowest BCUT2D eigenvalue weighted by Gasteiger charge is -2.03. The van der Waals surface area contributed by atoms with Gasteiger partial charge in [0.1, 0.15) is 15.6 Å². The molecule has 0 N–H and O–H groups in total. The van der Waals surface area contributed by atoms with E-state index in [1.54, 1.807) is 12.1 Å². The topological polar surface area (TPSA) is 85.3 Å². The molecule has 1 aromatic carbocycles. The number of hydrogen-bond donors (Lipinski definition) is 0. The summed E-state index contributed by atoms with van der Waals surface area (Å²) in [6, 6.07) is 6.30. The van der Waals surface area contributed by atoms with Crippen molar-refractivity contribution in [1.82, 2.24) is 0 Å². The highest BCUT2D eigenvalue weighted by Gasteiger charge is 2.20. The summed E-state index contributed by atoms with van der Waals surface area (Å²) in [7, 11) is -7.07. The number of carbonyl (C=O) groups excluding carboxylic acids is 1. The van der Waals surface area contributed by atoms with Gasteiger partial charge in [-0.15, -0.1) is 0 Å². The van der Waals surface area contributed by atoms with Crippen LogP contribution in [0.5, 0.6) is 0 Å². The second kappa shape index (κ2) is 6.15. The summed E-state index contributed by atoms with van der Waals surface area (Å²) in [5.74, 6) is -2.22. The summed E-state index contributed by atoms with van der Waals surface area (Å²) >= 11 is 3.21. The second-order valence-electron chi connectivity index (χ2n) is 4.15. The van der Waals surface area contributed by atoms with E-state index in [4.69, 9.17) is 0 Å². The third-order valence-corrected chi connectivity index (χ3v) is 5.54. The molecular weight excluding hydrogens is 356 g/mol. The van der Waals surface area contributed by atoms with Gasteiger partial charge in [0, 0.05) is 16.3 Å². The van der Waals surface area contributed by atoms with E-state index in [1.165, 1.54) is 12.1 Å². The predicted octanol–water partition coefficient (Wildman–Crippen LogP) is 1.09. The zero-order valence-corrected chi connectivity index (χ0v) is 13.4. The van der Waals surface area contributed by atoms with Crippen molar-refractivity contribution in [2.24, 2.45) is 0 Å². The Morgan fingerprint density at radius 2 is 1.58 bits per heavy atom. The van der Waals surface area contributed by atoms with Gasteiger partial charge >= 0.3 is 0 Å². The van der Waals surface area contributed by atoms with Crippen molar-refractivity contribution in [3.8, 4) is 0 Å². The molecule has 8 heteroatoms. The lowest BCUT2D eigenvalue weighted by Crippen LogP contribution is -2.23. The van der Waals surface area contributed by atoms with Crippen molar-refractivity contribution in [2.45, 2.75) is 0 Å². The van der Waals surface area contributed by atoms with E-state index >= 15 is 0 Å². The minimum absolute atomic E-state index is 0.283. The van der Waals surface area contributed by atoms with Crippen LogP contribution in [0.15, 0.2) is 28.7 Å². The molecule has 1 aromatic rings. The number of Topliss-reactive ketones (excluding diaryl/α,β-unsaturated/α-hetero) is 1. The van der Waals surface area contributed by atoms with Gasteiger partial charge in [0.05, 0.1) is 11.5 Å². The highest BCUT2D eigenvalue weighted by molar-refractivity contribution is 9.10. The largest absolute Gasteiger partial charge is 0.293 e. The second-order valence-corrected chi connectivity index (χ2v) is 9.51. The van der Waals surface area contributed by atoms with E-state index in [-0.39, 0.29) is 5.56 Å². The van der Waals surface area contributed by atoms with Gasteiger partial charge in [0.15, 0.2) is 15.6 Å². The minimum Gasteiger partial charge on any atom is -0.293 e. The maximum absolute atomic E-state index is 11.8. The molecule has 0 aliphatic carbocycles. The average Bonchev–Trinajstić information content (AvgIpc) is 2.26. The molecule has 0 saturated carbocycles. The van der Waals surface area contributed by atoms with E-state index < -0.39 is 42.7 Å². The van der Waals surface area contributed by atoms with Crippen molar-refractivity contribution >= 4 is 41.4 Å². The molecule has 5 nitrogen and oxygen atoms in total. The zero-order valence-electron chi connectivity index (χ0n) is 10.2. The fourth-order valence-corrected chi connectivity index (χ4v) is 4.47. The first-order valence-electron chi connectivity index (χ1n) is 5.26. The molecule has 0 aromatic heterocycles. The Hall–Kier alpha value is -0.730. The monoisotopic (exact) mass is 368 g/mol. The van der Waals surface area contributed by atoms with E-state index in [2.05, 4.69) is 15.9 Å². The van der Waals surface area contributed by atoms with Crippen LogP contribution in [0.2, 0.25) is 0 Å². The van der Waals surface area contributed by atoms with Gasteiger partial charge in [-0.25, -0.2) is 16.8 Å². The average molecular weight is 369 g/mol. The van der Waals surface area contributed by atoms with E-state index in [0.717, 1.165) is 10.7 Å². The van der Waals surface area contributed by atoms with Crippen LogP contribution in [-0.4, -0.2) is 46.1 Å². The number of hydrogen-bond acceptors (Lipinski definition) is 5. The number of rotatable bonds is 6. The highest BCUT2D eigenvalue weighted by Crippen LogP contribution is 2.11. The summed E-state index contributed by atoms with van der Waals surface area (Å²) in [5.41, 5.74) is 0.283. The van der Waals surface area contributed by atoms with Crippen molar-refractivity contribution in [3.05, 3.63) is 34.3 Å². The van der Waals surface area contributed by atoms with Crippen LogP contribution >= 0.6 is 15.9 Å². The molecule has 0 aliphatic heterocycles. The first-order valence-corrected chi connectivity index (χ1v) is 9.93. The van der Waals surface area contributed by atoms with E-state index in [0.29, 0.717) is 0 Å². The molecule has 0 spiro atoms. The molecule has 0 bridgehead atoms. The van der Waals surface area contributed by atoms with Gasteiger partial charge in [-0.3, -0.25) is 4.79 Å². The van der Waals surface area contributed by atoms with Crippen LogP contribution in [0.4, 0.5) is 0 Å². The first-order chi connectivity index (χ1) is 8.59. The lowest BCUT2D eigenvalue weighted by atomic mass is 10.2. The lowest BCUT2D eigenvalue weighted by molar-refractivity contribution is 0.102. The summed E-state index contributed by atoms with van der Waals surface area (Å²) in [6.07, 6.45) is 0.957. The first kappa shape index (κ1) is 16.3. The molecule has 19 heavy (non-hydrogen) atoms. The number of sulfone groups is 2. The third-order valence-electron chi connectivity index (χ3n) is 2.28. The summed E-state index contributed by atoms with van der Waals surface area (Å²) in [4.78, 5) is 11.8. The van der Waals surface area contributed by atoms with Crippen LogP contribution in [0.3, 0.4) is 0 Å². The number of carbonyl (C=O) groups is 1. The molecule has 0 heterocycles. The van der Waals surface area contributed by atoms with Crippen molar-refractivity contribution in [1.29, 1.82) is 0 Å². The van der Waals surface area contributed by atoms with Crippen LogP contribution in [0, 0.1) is 0 Å². The summed E-state index contributed by atoms with van der Waals surface area (Å²) in [5, 5.41) is 0. The Kier molecular flexibility index (Phi) is 5.28. The van der Waals surface area contributed by atoms with Crippen molar-refractivity contribution in [3.63, 3.8) is 0 Å². The SMILES string of the molecule is CS(=O)(=O)CCS(=O)(=O)CC(=O)c1ccc(Br)cc1. The van der Waals surface area contributed by atoms with Gasteiger partial charge in [-0.05, 0) is 12.1 Å². The third kappa shape index (κ3) is 6.31. The normalized spacial score (nSPS) is 12.3. The molecular formula is C11H13BrO5S2. The van der Waals surface area contributed by atoms with Gasteiger partial charge < -0.3 is 0 Å². The Morgan fingerprint density at radius 1 is 1.05 bits per heavy atom.